The van der Waals surface area contributed by atoms with Crippen molar-refractivity contribution in [1.82, 2.24) is 9.97 Å². The van der Waals surface area contributed by atoms with Crippen molar-refractivity contribution in [3.8, 4) is 0 Å². The molecule has 60 valence electrons. The molecule has 0 aliphatic heterocycles. The number of nitrogens with zero attached hydrogens (tertiary/aromatic N) is 2. The second-order valence-corrected chi connectivity index (χ2v) is 3.51. The number of halogens is 2. The zero-order valence-electron chi connectivity index (χ0n) is 5.96. The Bertz CT molecular complexity index is 390. The van der Waals surface area contributed by atoms with Crippen LogP contribution in [0.5, 0.6) is 0 Å². The predicted octanol–water partition coefficient (Wildman–Crippen LogP) is 2.37. The second-order valence-electron chi connectivity index (χ2n) is 2.35. The highest BCUT2D eigenvalue weighted by Crippen LogP contribution is 2.17. The Morgan fingerprint density at radius 3 is 3.00 bits per heavy atom. The first-order valence-corrected chi connectivity index (χ1v) is 4.40. The van der Waals surface area contributed by atoms with Crippen LogP contribution in [0.25, 0.3) is 10.9 Å². The Morgan fingerprint density at radius 2 is 2.17 bits per heavy atom. The Hall–Kier alpha value is -0.780. The van der Waals surface area contributed by atoms with E-state index in [-0.39, 0.29) is 5.82 Å². The first kappa shape index (κ1) is 7.85. The molecule has 0 radical (unpaired) electrons. The molecule has 4 heteroatoms. The number of hydrogen-bond donors (Lipinski definition) is 0. The van der Waals surface area contributed by atoms with Crippen LogP contribution in [0.1, 0.15) is 0 Å². The van der Waals surface area contributed by atoms with Gasteiger partial charge in [-0.05, 0) is 28.7 Å². The summed E-state index contributed by atoms with van der Waals surface area (Å²) in [7, 11) is 0. The Kier molecular flexibility index (Phi) is 1.92. The third-order valence-electron chi connectivity index (χ3n) is 1.55. The fourth-order valence-corrected chi connectivity index (χ4v) is 1.47. The van der Waals surface area contributed by atoms with Crippen LogP contribution < -0.4 is 0 Å². The van der Waals surface area contributed by atoms with Gasteiger partial charge >= 0.3 is 0 Å². The maximum atomic E-state index is 13.0. The van der Waals surface area contributed by atoms with Crippen molar-refractivity contribution < 1.29 is 4.39 Å². The third kappa shape index (κ3) is 1.26. The average Bonchev–Trinajstić information content (AvgIpc) is 2.07. The Balaban J connectivity index is 2.84. The molecule has 0 aliphatic carbocycles. The number of rotatable bonds is 0. The molecule has 1 aromatic heterocycles. The molecular formula is C8H4FIN2. The predicted molar refractivity (Wildman–Crippen MR) is 52.2 cm³/mol. The summed E-state index contributed by atoms with van der Waals surface area (Å²) in [4.78, 5) is 7.78. The molecule has 0 amide bonds. The fourth-order valence-electron chi connectivity index (χ4n) is 0.976. The van der Waals surface area contributed by atoms with E-state index in [1.54, 1.807) is 12.3 Å². The summed E-state index contributed by atoms with van der Waals surface area (Å²) in [5.41, 5.74) is 0.642. The number of aromatic nitrogens is 2. The highest BCUT2D eigenvalue weighted by molar-refractivity contribution is 14.1. The van der Waals surface area contributed by atoms with Crippen LogP contribution in [-0.4, -0.2) is 9.97 Å². The zero-order chi connectivity index (χ0) is 8.55. The van der Waals surface area contributed by atoms with E-state index in [9.17, 15) is 4.39 Å². The topological polar surface area (TPSA) is 25.8 Å². The van der Waals surface area contributed by atoms with E-state index in [1.165, 1.54) is 12.4 Å². The van der Waals surface area contributed by atoms with Gasteiger partial charge in [-0.15, -0.1) is 0 Å². The van der Waals surface area contributed by atoms with Crippen molar-refractivity contribution in [3.05, 3.63) is 34.0 Å². The summed E-state index contributed by atoms with van der Waals surface area (Å²) in [5, 5.41) is 0.864. The van der Waals surface area contributed by atoms with E-state index in [4.69, 9.17) is 0 Å². The van der Waals surface area contributed by atoms with Crippen molar-refractivity contribution in [1.29, 1.82) is 0 Å². The molecule has 0 saturated carbocycles. The van der Waals surface area contributed by atoms with Crippen molar-refractivity contribution in [2.75, 3.05) is 0 Å². The number of hydrogen-bond acceptors (Lipinski definition) is 2. The van der Waals surface area contributed by atoms with E-state index < -0.39 is 0 Å². The first-order valence-electron chi connectivity index (χ1n) is 3.32. The lowest BCUT2D eigenvalue weighted by Gasteiger charge is -1.97. The first-order chi connectivity index (χ1) is 5.77. The molecular weight excluding hydrogens is 270 g/mol. The molecule has 0 atom stereocenters. The summed E-state index contributed by atoms with van der Waals surface area (Å²) < 4.78 is 13.6. The van der Waals surface area contributed by atoms with Gasteiger partial charge in [0.25, 0.3) is 0 Å². The zero-order valence-corrected chi connectivity index (χ0v) is 8.12. The molecule has 12 heavy (non-hydrogen) atoms. The van der Waals surface area contributed by atoms with Gasteiger partial charge in [-0.3, -0.25) is 0 Å². The average molecular weight is 274 g/mol. The van der Waals surface area contributed by atoms with E-state index in [1.807, 2.05) is 22.6 Å². The van der Waals surface area contributed by atoms with Gasteiger partial charge < -0.3 is 0 Å². The van der Waals surface area contributed by atoms with Crippen molar-refractivity contribution in [2.24, 2.45) is 0 Å². The van der Waals surface area contributed by atoms with Crippen LogP contribution in [0.3, 0.4) is 0 Å². The van der Waals surface area contributed by atoms with Crippen LogP contribution >= 0.6 is 22.6 Å². The van der Waals surface area contributed by atoms with E-state index >= 15 is 0 Å². The largest absolute Gasteiger partial charge is 0.244 e. The molecule has 2 aromatic rings. The highest BCUT2D eigenvalue weighted by atomic mass is 127. The SMILES string of the molecule is Fc1cc2ncncc2cc1I. The van der Waals surface area contributed by atoms with Crippen LogP contribution in [0.4, 0.5) is 4.39 Å². The van der Waals surface area contributed by atoms with Gasteiger partial charge in [0, 0.05) is 21.2 Å². The lowest BCUT2D eigenvalue weighted by molar-refractivity contribution is 0.622. The monoisotopic (exact) mass is 274 g/mol. The van der Waals surface area contributed by atoms with Gasteiger partial charge in [-0.25, -0.2) is 14.4 Å². The smallest absolute Gasteiger partial charge is 0.138 e. The van der Waals surface area contributed by atoms with Crippen LogP contribution in [0, 0.1) is 9.39 Å². The summed E-state index contributed by atoms with van der Waals surface area (Å²) in [6, 6.07) is 3.14. The fraction of sp³-hybridized carbons (Fsp3) is 0. The van der Waals surface area contributed by atoms with Crippen molar-refractivity contribution in [3.63, 3.8) is 0 Å². The van der Waals surface area contributed by atoms with Gasteiger partial charge in [-0.2, -0.15) is 0 Å². The summed E-state index contributed by atoms with van der Waals surface area (Å²) in [5.74, 6) is -0.234. The summed E-state index contributed by atoms with van der Waals surface area (Å²) in [6.07, 6.45) is 3.08. The summed E-state index contributed by atoms with van der Waals surface area (Å²) in [6.45, 7) is 0. The molecule has 1 heterocycles. The highest BCUT2D eigenvalue weighted by Gasteiger charge is 2.01. The van der Waals surface area contributed by atoms with E-state index in [0.29, 0.717) is 9.09 Å². The van der Waals surface area contributed by atoms with Crippen LogP contribution in [0.2, 0.25) is 0 Å². The molecule has 0 spiro atoms. The normalized spacial score (nSPS) is 10.5. The Morgan fingerprint density at radius 1 is 1.33 bits per heavy atom. The van der Waals surface area contributed by atoms with Gasteiger partial charge in [0.15, 0.2) is 0 Å². The standard InChI is InChI=1S/C8H4FIN2/c9-6-2-8-5(1-7(6)10)3-11-4-12-8/h1-4H. The van der Waals surface area contributed by atoms with E-state index in [0.717, 1.165) is 5.39 Å². The quantitative estimate of drug-likeness (QED) is 0.689. The van der Waals surface area contributed by atoms with Gasteiger partial charge in [0.1, 0.15) is 12.1 Å². The molecule has 2 nitrogen and oxygen atoms in total. The Labute approximate surface area is 82.0 Å². The van der Waals surface area contributed by atoms with Crippen LogP contribution in [-0.2, 0) is 0 Å². The van der Waals surface area contributed by atoms with E-state index in [2.05, 4.69) is 9.97 Å². The minimum absolute atomic E-state index is 0.234. The number of fused-ring (bicyclic) bond motifs is 1. The van der Waals surface area contributed by atoms with Gasteiger partial charge in [-0.1, -0.05) is 0 Å². The maximum Gasteiger partial charge on any atom is 0.138 e. The molecule has 0 saturated heterocycles. The van der Waals surface area contributed by atoms with Crippen LogP contribution in [0.15, 0.2) is 24.7 Å². The van der Waals surface area contributed by atoms with Gasteiger partial charge in [0.05, 0.1) is 5.52 Å². The molecule has 0 fully saturated rings. The maximum absolute atomic E-state index is 13.0. The molecule has 0 N–H and O–H groups in total. The molecule has 1 aromatic carbocycles. The minimum atomic E-state index is -0.234. The van der Waals surface area contributed by atoms with Crippen molar-refractivity contribution in [2.45, 2.75) is 0 Å². The third-order valence-corrected chi connectivity index (χ3v) is 2.37. The number of benzene rings is 1. The molecule has 0 bridgehead atoms. The molecule has 2 rings (SSSR count). The molecule has 0 unspecified atom stereocenters. The lowest BCUT2D eigenvalue weighted by atomic mass is 10.2. The molecule has 0 aliphatic rings. The lowest BCUT2D eigenvalue weighted by Crippen LogP contribution is -1.85. The second kappa shape index (κ2) is 2.93. The summed E-state index contributed by atoms with van der Waals surface area (Å²) >= 11 is 1.94. The van der Waals surface area contributed by atoms with Gasteiger partial charge in [0.2, 0.25) is 0 Å². The minimum Gasteiger partial charge on any atom is -0.244 e. The van der Waals surface area contributed by atoms with Crippen molar-refractivity contribution >= 4 is 33.5 Å².